The van der Waals surface area contributed by atoms with Gasteiger partial charge < -0.3 is 25.6 Å². The van der Waals surface area contributed by atoms with Gasteiger partial charge in [0.1, 0.15) is 17.5 Å². The van der Waals surface area contributed by atoms with Gasteiger partial charge in [-0.3, -0.25) is 32.9 Å². The number of benzene rings is 3. The van der Waals surface area contributed by atoms with Crippen LogP contribution in [0.25, 0.3) is 101 Å². The maximum atomic E-state index is 13.3. The van der Waals surface area contributed by atoms with Gasteiger partial charge in [-0.2, -0.15) is 30.6 Å². The Bertz CT molecular complexity index is 4660. The highest BCUT2D eigenvalue weighted by molar-refractivity contribution is 5.80. The van der Waals surface area contributed by atoms with E-state index in [1.807, 2.05) is 176 Å². The van der Waals surface area contributed by atoms with Gasteiger partial charge in [0.15, 0.2) is 17.5 Å². The van der Waals surface area contributed by atoms with Crippen molar-refractivity contribution in [1.29, 1.82) is 0 Å². The molecule has 490 valence electrons. The summed E-state index contributed by atoms with van der Waals surface area (Å²) in [5, 5.41) is 35.9. The van der Waals surface area contributed by atoms with Crippen LogP contribution in [0.4, 0.5) is 26.2 Å². The van der Waals surface area contributed by atoms with Crippen LogP contribution in [0.1, 0.15) is 38.5 Å². The van der Waals surface area contributed by atoms with Crippen LogP contribution in [0.3, 0.4) is 0 Å². The van der Waals surface area contributed by atoms with E-state index in [4.69, 9.17) is 19.7 Å². The summed E-state index contributed by atoms with van der Waals surface area (Å²) >= 11 is 0. The predicted octanol–water partition coefficient (Wildman–Crippen LogP) is 10.9. The van der Waals surface area contributed by atoms with Crippen molar-refractivity contribution in [1.82, 2.24) is 93.5 Å². The van der Waals surface area contributed by atoms with Crippen molar-refractivity contribution >= 4 is 23.4 Å². The maximum absolute atomic E-state index is 13.3. The number of aryl methyl sites for hydroxylation is 6. The smallest absolute Gasteiger partial charge is 0.248 e. The highest BCUT2D eigenvalue weighted by Gasteiger charge is 2.45. The topological polar surface area (TPSA) is 250 Å². The molecular weight excluding hydrogens is 1220 g/mol. The Balaban J connectivity index is 0.000000130. The molecule has 3 aromatic carbocycles. The molecule has 3 N–H and O–H groups in total. The van der Waals surface area contributed by atoms with Gasteiger partial charge in [-0.15, -0.1) is 0 Å². The Hall–Kier alpha value is -11.2. The molecule has 9 aromatic heterocycles. The summed E-state index contributed by atoms with van der Waals surface area (Å²) in [6.07, 6.45) is 31.4. The molecule has 1 aliphatic carbocycles. The van der Waals surface area contributed by atoms with Gasteiger partial charge in [0.05, 0.1) is 49.8 Å². The van der Waals surface area contributed by atoms with E-state index in [-0.39, 0.29) is 30.7 Å². The van der Waals surface area contributed by atoms with E-state index < -0.39 is 5.92 Å². The zero-order chi connectivity index (χ0) is 66.3. The Morgan fingerprint density at radius 1 is 0.500 bits per heavy atom. The molecule has 1 saturated carbocycles. The summed E-state index contributed by atoms with van der Waals surface area (Å²) in [4.78, 5) is 42.3. The van der Waals surface area contributed by atoms with E-state index in [9.17, 15) is 13.6 Å². The number of rotatable bonds is 19. The standard InChI is InChI=1S/C25H28N8O.C23H23F2N7.C22H23N7O/c1-31-16-20(13-28-31)18-6-3-7-19(12-18)24-27-15-22(21-14-29-32(2)17-21)25(30-24)26-9-5-11-33-10-4-8-23(33)34;1-31-13-18(10-28-31)16-4-3-5-17(6-16)21-27-12-20(19-11-29-32(2)14-19)22(30-21)26-9-15-7-23(24,25)8-15;1-28-12-17(9-24-28)15-4-3-5-16(8-15)21-23-11-20(18-10-25-29(2)13-18)22(27-21)26-19-6-7-30-14-19/h3,6-7,12-17H,4-5,8-11H2,1-2H3,(H,26,27,30);3-6,10-15H,7-9H2,1-2H3,(H,26,27,30);3-5,8-13,19H,6-7,14H2,1-2H3,(H,23,26,27). The number of amides is 1. The van der Waals surface area contributed by atoms with Gasteiger partial charge in [-0.25, -0.2) is 38.7 Å². The third-order valence-electron chi connectivity index (χ3n) is 17.0. The van der Waals surface area contributed by atoms with E-state index in [2.05, 4.69) is 85.8 Å². The Morgan fingerprint density at radius 2 is 0.896 bits per heavy atom. The molecule has 0 spiro atoms. The van der Waals surface area contributed by atoms with Crippen molar-refractivity contribution in [2.75, 3.05) is 55.3 Å². The minimum absolute atomic E-state index is 0.0703. The summed E-state index contributed by atoms with van der Waals surface area (Å²) in [6, 6.07) is 24.6. The second kappa shape index (κ2) is 28.2. The molecule has 1 atom stereocenters. The van der Waals surface area contributed by atoms with E-state index in [0.717, 1.165) is 134 Å². The van der Waals surface area contributed by atoms with Crippen molar-refractivity contribution in [3.8, 4) is 101 Å². The molecular formula is C70H74F2N22O2. The fourth-order valence-electron chi connectivity index (χ4n) is 11.9. The zero-order valence-electron chi connectivity index (χ0n) is 54.3. The van der Waals surface area contributed by atoms with Gasteiger partial charge in [-0.05, 0) is 60.1 Å². The lowest BCUT2D eigenvalue weighted by Crippen LogP contribution is -2.39. The van der Waals surface area contributed by atoms with Crippen LogP contribution in [-0.2, 0) is 51.8 Å². The maximum Gasteiger partial charge on any atom is 0.248 e. The molecule has 26 heteroatoms. The monoisotopic (exact) mass is 1290 g/mol. The number of hydrogen-bond donors (Lipinski definition) is 3. The average Bonchev–Trinajstić information content (AvgIpc) is 1.35. The summed E-state index contributed by atoms with van der Waals surface area (Å²) in [7, 11) is 11.3. The minimum Gasteiger partial charge on any atom is -0.379 e. The average molecular weight is 1290 g/mol. The number of alkyl halides is 2. The summed E-state index contributed by atoms with van der Waals surface area (Å²) in [5.74, 6) is 1.71. The number of aromatic nitrogens is 18. The molecule has 1 amide bonds. The molecule has 15 rings (SSSR count). The first-order valence-electron chi connectivity index (χ1n) is 31.9. The van der Waals surface area contributed by atoms with Crippen molar-refractivity contribution in [2.24, 2.45) is 48.2 Å². The number of nitrogens with one attached hydrogen (secondary N) is 3. The van der Waals surface area contributed by atoms with Crippen molar-refractivity contribution in [3.05, 3.63) is 166 Å². The Labute approximate surface area is 553 Å². The van der Waals surface area contributed by atoms with Gasteiger partial charge in [0, 0.05) is 217 Å². The molecule has 96 heavy (non-hydrogen) atoms. The number of carbonyl (C=O) groups is 1. The van der Waals surface area contributed by atoms with Crippen LogP contribution in [0.5, 0.6) is 0 Å². The zero-order valence-corrected chi connectivity index (χ0v) is 54.3. The molecule has 3 fully saturated rings. The molecule has 0 bridgehead atoms. The number of halogens is 2. The third-order valence-corrected chi connectivity index (χ3v) is 17.0. The molecule has 0 radical (unpaired) electrons. The van der Waals surface area contributed by atoms with Crippen LogP contribution in [0, 0.1) is 5.92 Å². The lowest BCUT2D eigenvalue weighted by Gasteiger charge is -2.35. The van der Waals surface area contributed by atoms with Crippen molar-refractivity contribution in [2.45, 2.75) is 50.5 Å². The fraction of sp³-hybridized carbons (Fsp3) is 0.300. The summed E-state index contributed by atoms with van der Waals surface area (Å²) in [5.41, 5.74) is 14.5. The SMILES string of the molecule is Cn1cc(-c2cccc(-c3ncc(-c4cnn(C)c4)c(NC4CCOC4)n3)c2)cn1.Cn1cc(-c2cccc(-c3ncc(-c4cnn(C)c4)c(NCC4CC(F)(F)C4)n3)c2)cn1.Cn1cc(-c2cccc(-c3ncc(-c4cnn(C)c4)c(NCCCN4CCCC4=O)n3)c2)cn1. The van der Waals surface area contributed by atoms with Crippen LogP contribution < -0.4 is 16.0 Å². The molecule has 12 aromatic rings. The van der Waals surface area contributed by atoms with E-state index in [0.29, 0.717) is 49.4 Å². The number of hydrogen-bond acceptors (Lipinski definition) is 17. The molecule has 2 saturated heterocycles. The first-order chi connectivity index (χ1) is 46.6. The van der Waals surface area contributed by atoms with Gasteiger partial charge in [0.2, 0.25) is 11.8 Å². The number of anilines is 3. The van der Waals surface area contributed by atoms with Gasteiger partial charge in [-0.1, -0.05) is 54.6 Å². The molecule has 11 heterocycles. The Morgan fingerprint density at radius 3 is 1.27 bits per heavy atom. The van der Waals surface area contributed by atoms with Crippen LogP contribution in [0.15, 0.2) is 166 Å². The molecule has 24 nitrogen and oxygen atoms in total. The highest BCUT2D eigenvalue weighted by Crippen LogP contribution is 2.43. The van der Waals surface area contributed by atoms with Crippen molar-refractivity contribution in [3.63, 3.8) is 0 Å². The lowest BCUT2D eigenvalue weighted by atomic mass is 9.81. The van der Waals surface area contributed by atoms with Gasteiger partial charge in [0.25, 0.3) is 0 Å². The fourth-order valence-corrected chi connectivity index (χ4v) is 11.9. The van der Waals surface area contributed by atoms with Gasteiger partial charge >= 0.3 is 0 Å². The summed E-state index contributed by atoms with van der Waals surface area (Å²) < 4.78 is 42.6. The minimum atomic E-state index is -2.54. The van der Waals surface area contributed by atoms with E-state index >= 15 is 0 Å². The van der Waals surface area contributed by atoms with Crippen LogP contribution in [-0.4, -0.2) is 151 Å². The first-order valence-corrected chi connectivity index (χ1v) is 31.9. The number of likely N-dealkylation sites (tertiary alicyclic amines) is 1. The van der Waals surface area contributed by atoms with Crippen molar-refractivity contribution < 1.29 is 18.3 Å². The number of ether oxygens (including phenoxy) is 1. The van der Waals surface area contributed by atoms with Crippen LogP contribution >= 0.6 is 0 Å². The Kier molecular flexibility index (Phi) is 18.7. The normalized spacial score (nSPS) is 15.0. The summed E-state index contributed by atoms with van der Waals surface area (Å²) in [6.45, 7) is 4.23. The molecule has 1 unspecified atom stereocenters. The van der Waals surface area contributed by atoms with Crippen LogP contribution in [0.2, 0.25) is 0 Å². The lowest BCUT2D eigenvalue weighted by molar-refractivity contribution is -0.127. The highest BCUT2D eigenvalue weighted by atomic mass is 19.3. The largest absolute Gasteiger partial charge is 0.379 e. The second-order valence-corrected chi connectivity index (χ2v) is 24.5. The quantitative estimate of drug-likeness (QED) is 0.0637. The predicted molar refractivity (Wildman–Crippen MR) is 364 cm³/mol. The number of nitrogens with zero attached hydrogens (tertiary/aromatic N) is 19. The molecule has 3 aliphatic rings. The van der Waals surface area contributed by atoms with E-state index in [1.54, 1.807) is 40.5 Å². The second-order valence-electron chi connectivity index (χ2n) is 24.5. The molecule has 2 aliphatic heterocycles. The van der Waals surface area contributed by atoms with E-state index in [1.165, 1.54) is 0 Å². The first kappa shape index (κ1) is 63.6. The number of carbonyl (C=O) groups excluding carboxylic acids is 1. The third kappa shape index (κ3) is 15.2.